The van der Waals surface area contributed by atoms with Crippen molar-refractivity contribution in [2.45, 2.75) is 65.3 Å². The predicted octanol–water partition coefficient (Wildman–Crippen LogP) is 2.47. The third-order valence-electron chi connectivity index (χ3n) is 5.16. The van der Waals surface area contributed by atoms with Crippen LogP contribution < -0.4 is 10.9 Å². The van der Waals surface area contributed by atoms with Gasteiger partial charge in [0.1, 0.15) is 11.3 Å². The molecule has 0 bridgehead atoms. The van der Waals surface area contributed by atoms with Crippen molar-refractivity contribution >= 4 is 15.9 Å². The van der Waals surface area contributed by atoms with Crippen molar-refractivity contribution in [1.29, 1.82) is 0 Å². The number of nitrogens with zero attached hydrogens (tertiary/aromatic N) is 1. The second-order valence-electron chi connectivity index (χ2n) is 8.06. The molecule has 1 amide bonds. The lowest BCUT2D eigenvalue weighted by molar-refractivity contribution is 0.0944. The largest absolute Gasteiger partial charge is 0.427 e. The molecule has 158 valence electrons. The van der Waals surface area contributed by atoms with Gasteiger partial charge in [0.05, 0.1) is 6.26 Å². The van der Waals surface area contributed by atoms with Crippen LogP contribution in [0.2, 0.25) is 0 Å². The Hall–Kier alpha value is -1.67. The number of rotatable bonds is 8. The highest BCUT2D eigenvalue weighted by Crippen LogP contribution is 2.22. The summed E-state index contributed by atoms with van der Waals surface area (Å²) in [6.07, 6.45) is 5.94. The maximum Gasteiger partial charge on any atom is 0.349 e. The zero-order chi connectivity index (χ0) is 20.9. The van der Waals surface area contributed by atoms with Crippen LogP contribution in [0.4, 0.5) is 0 Å². The first-order valence-corrected chi connectivity index (χ1v) is 11.8. The standard InChI is InChI=1S/C20H32N2O5S/c1-14(2)8-9-17-13-15(3)18(20(24)27-17)19(23)21-11-10-16-7-5-6-12-22(16)28(4,25)26/h13-14,16H,5-12H2,1-4H3,(H,21,23). The lowest BCUT2D eigenvalue weighted by Crippen LogP contribution is -2.44. The summed E-state index contributed by atoms with van der Waals surface area (Å²) >= 11 is 0. The zero-order valence-corrected chi connectivity index (χ0v) is 18.1. The van der Waals surface area contributed by atoms with E-state index in [1.807, 2.05) is 0 Å². The quantitative estimate of drug-likeness (QED) is 0.707. The second-order valence-corrected chi connectivity index (χ2v) is 9.99. The average molecular weight is 413 g/mol. The van der Waals surface area contributed by atoms with Gasteiger partial charge in [0, 0.05) is 25.6 Å². The molecule has 1 atom stereocenters. The SMILES string of the molecule is Cc1cc(CCC(C)C)oc(=O)c1C(=O)NCCC1CCCCN1S(C)(=O)=O. The summed E-state index contributed by atoms with van der Waals surface area (Å²) in [4.78, 5) is 24.8. The van der Waals surface area contributed by atoms with E-state index in [9.17, 15) is 18.0 Å². The normalized spacial score (nSPS) is 18.4. The van der Waals surface area contributed by atoms with E-state index in [4.69, 9.17) is 4.42 Å². The highest BCUT2D eigenvalue weighted by Gasteiger charge is 2.29. The van der Waals surface area contributed by atoms with Crippen molar-refractivity contribution in [3.8, 4) is 0 Å². The summed E-state index contributed by atoms with van der Waals surface area (Å²) in [7, 11) is -3.25. The monoisotopic (exact) mass is 412 g/mol. The van der Waals surface area contributed by atoms with Crippen LogP contribution in [0.3, 0.4) is 0 Å². The minimum atomic E-state index is -3.25. The van der Waals surface area contributed by atoms with E-state index < -0.39 is 21.6 Å². The maximum atomic E-state index is 12.5. The third-order valence-corrected chi connectivity index (χ3v) is 6.49. The molecule has 1 N–H and O–H groups in total. The molecule has 1 aromatic rings. The van der Waals surface area contributed by atoms with Crippen molar-refractivity contribution in [1.82, 2.24) is 9.62 Å². The zero-order valence-electron chi connectivity index (χ0n) is 17.3. The Morgan fingerprint density at radius 3 is 2.68 bits per heavy atom. The van der Waals surface area contributed by atoms with Crippen molar-refractivity contribution in [3.63, 3.8) is 0 Å². The average Bonchev–Trinajstić information content (AvgIpc) is 2.59. The van der Waals surface area contributed by atoms with E-state index in [2.05, 4.69) is 19.2 Å². The van der Waals surface area contributed by atoms with E-state index in [1.165, 1.54) is 10.6 Å². The Morgan fingerprint density at radius 2 is 2.07 bits per heavy atom. The fourth-order valence-electron chi connectivity index (χ4n) is 3.64. The Kier molecular flexibility index (Phi) is 7.83. The first-order valence-electron chi connectivity index (χ1n) is 9.98. The highest BCUT2D eigenvalue weighted by molar-refractivity contribution is 7.88. The van der Waals surface area contributed by atoms with Crippen molar-refractivity contribution < 1.29 is 17.6 Å². The number of hydrogen-bond donors (Lipinski definition) is 1. The minimum absolute atomic E-state index is 0.0249. The van der Waals surface area contributed by atoms with E-state index in [0.29, 0.717) is 43.2 Å². The number of aryl methyl sites for hydroxylation is 2. The topological polar surface area (TPSA) is 96.7 Å². The summed E-state index contributed by atoms with van der Waals surface area (Å²) in [5.74, 6) is 0.627. The molecule has 1 aliphatic heterocycles. The smallest absolute Gasteiger partial charge is 0.349 e. The van der Waals surface area contributed by atoms with Gasteiger partial charge in [-0.25, -0.2) is 13.2 Å². The van der Waals surface area contributed by atoms with Gasteiger partial charge in [0.15, 0.2) is 0 Å². The van der Waals surface area contributed by atoms with E-state index >= 15 is 0 Å². The van der Waals surface area contributed by atoms with Crippen LogP contribution in [0.5, 0.6) is 0 Å². The van der Waals surface area contributed by atoms with Gasteiger partial charge in [-0.05, 0) is 50.2 Å². The lowest BCUT2D eigenvalue weighted by Gasteiger charge is -2.33. The molecular weight excluding hydrogens is 380 g/mol. The van der Waals surface area contributed by atoms with Crippen molar-refractivity contribution in [2.75, 3.05) is 19.3 Å². The molecule has 1 fully saturated rings. The first kappa shape index (κ1) is 22.6. The van der Waals surface area contributed by atoms with Crippen LogP contribution in [0.25, 0.3) is 0 Å². The molecule has 2 rings (SSSR count). The van der Waals surface area contributed by atoms with Gasteiger partial charge in [0.25, 0.3) is 5.91 Å². The maximum absolute atomic E-state index is 12.5. The molecule has 1 unspecified atom stereocenters. The number of hydrogen-bond acceptors (Lipinski definition) is 5. The molecular formula is C20H32N2O5S. The van der Waals surface area contributed by atoms with Gasteiger partial charge < -0.3 is 9.73 Å². The molecule has 1 saturated heterocycles. The molecule has 0 saturated carbocycles. The summed E-state index contributed by atoms with van der Waals surface area (Å²) in [6.45, 7) is 6.77. The predicted molar refractivity (Wildman–Crippen MR) is 109 cm³/mol. The highest BCUT2D eigenvalue weighted by atomic mass is 32.2. The number of sulfonamides is 1. The summed E-state index contributed by atoms with van der Waals surface area (Å²) in [5.41, 5.74) is 0.00605. The molecule has 8 heteroatoms. The molecule has 0 spiro atoms. The van der Waals surface area contributed by atoms with Crippen molar-refractivity contribution in [3.05, 3.63) is 33.4 Å². The Morgan fingerprint density at radius 1 is 1.36 bits per heavy atom. The number of nitrogens with one attached hydrogen (secondary N) is 1. The van der Waals surface area contributed by atoms with E-state index in [0.717, 1.165) is 25.7 Å². The fraction of sp³-hybridized carbons (Fsp3) is 0.700. The van der Waals surface area contributed by atoms with Crippen LogP contribution in [0.15, 0.2) is 15.3 Å². The molecule has 0 aliphatic carbocycles. The molecule has 0 radical (unpaired) electrons. The Labute approximate surface area is 167 Å². The van der Waals surface area contributed by atoms with E-state index in [-0.39, 0.29) is 11.6 Å². The molecule has 1 aliphatic rings. The minimum Gasteiger partial charge on any atom is -0.427 e. The fourth-order valence-corrected chi connectivity index (χ4v) is 4.85. The van der Waals surface area contributed by atoms with Crippen LogP contribution >= 0.6 is 0 Å². The molecule has 2 heterocycles. The second kappa shape index (κ2) is 9.69. The van der Waals surface area contributed by atoms with Gasteiger partial charge in [0.2, 0.25) is 10.0 Å². The summed E-state index contributed by atoms with van der Waals surface area (Å²) in [5, 5.41) is 2.75. The van der Waals surface area contributed by atoms with Crippen LogP contribution in [-0.4, -0.2) is 44.0 Å². The Balaban J connectivity index is 1.98. The Bertz CT molecular complexity index is 845. The summed E-state index contributed by atoms with van der Waals surface area (Å²) < 4.78 is 30.7. The van der Waals surface area contributed by atoms with Gasteiger partial charge >= 0.3 is 5.63 Å². The molecule has 28 heavy (non-hydrogen) atoms. The first-order chi connectivity index (χ1) is 13.1. The molecule has 7 nitrogen and oxygen atoms in total. The van der Waals surface area contributed by atoms with Crippen molar-refractivity contribution in [2.24, 2.45) is 5.92 Å². The van der Waals surface area contributed by atoms with Crippen LogP contribution in [0, 0.1) is 12.8 Å². The van der Waals surface area contributed by atoms with Crippen LogP contribution in [-0.2, 0) is 16.4 Å². The van der Waals surface area contributed by atoms with Gasteiger partial charge in [-0.3, -0.25) is 4.79 Å². The number of carbonyl (C=O) groups excluding carboxylic acids is 1. The molecule has 1 aromatic heterocycles. The molecule has 0 aromatic carbocycles. The number of piperidine rings is 1. The lowest BCUT2D eigenvalue weighted by atomic mass is 10.0. The van der Waals surface area contributed by atoms with E-state index in [1.54, 1.807) is 13.0 Å². The third kappa shape index (κ3) is 6.17. The summed E-state index contributed by atoms with van der Waals surface area (Å²) in [6, 6.07) is 1.64. The van der Waals surface area contributed by atoms with Crippen LogP contribution in [0.1, 0.15) is 67.6 Å². The van der Waals surface area contributed by atoms with Gasteiger partial charge in [-0.2, -0.15) is 4.31 Å². The number of amides is 1. The number of carbonyl (C=O) groups is 1. The van der Waals surface area contributed by atoms with Gasteiger partial charge in [-0.1, -0.05) is 20.3 Å². The van der Waals surface area contributed by atoms with Gasteiger partial charge in [-0.15, -0.1) is 0 Å².